The van der Waals surface area contributed by atoms with E-state index in [0.29, 0.717) is 6.54 Å². The van der Waals surface area contributed by atoms with Crippen LogP contribution in [0, 0.1) is 10.1 Å². The Hall–Kier alpha value is -3.42. The third-order valence-corrected chi connectivity index (χ3v) is 4.63. The second kappa shape index (κ2) is 8.98. The summed E-state index contributed by atoms with van der Waals surface area (Å²) in [5.74, 6) is -0.865. The molecule has 2 aromatic carbocycles. The highest BCUT2D eigenvalue weighted by molar-refractivity contribution is 5.96. The number of nitrogens with one attached hydrogen (secondary N) is 2. The number of carbonyl (C=O) groups is 2. The number of non-ortho nitro benzene ring substituents is 1. The van der Waals surface area contributed by atoms with Gasteiger partial charge in [0.25, 0.3) is 11.6 Å². The molecule has 1 fully saturated rings. The predicted octanol–water partition coefficient (Wildman–Crippen LogP) is 2.24. The zero-order valence-electron chi connectivity index (χ0n) is 15.4. The zero-order chi connectivity index (χ0) is 19.9. The average molecular weight is 382 g/mol. The fraction of sp³-hybridized carbons (Fsp3) is 0.300. The second-order valence-corrected chi connectivity index (χ2v) is 6.63. The van der Waals surface area contributed by atoms with E-state index in [1.807, 2.05) is 12.1 Å². The first-order valence-corrected chi connectivity index (χ1v) is 9.16. The van der Waals surface area contributed by atoms with Gasteiger partial charge < -0.3 is 15.5 Å². The maximum atomic E-state index is 12.0. The van der Waals surface area contributed by atoms with Crippen molar-refractivity contribution >= 4 is 23.2 Å². The van der Waals surface area contributed by atoms with Crippen LogP contribution in [0.2, 0.25) is 0 Å². The van der Waals surface area contributed by atoms with E-state index in [1.165, 1.54) is 42.8 Å². The van der Waals surface area contributed by atoms with Crippen LogP contribution in [0.15, 0.2) is 48.5 Å². The molecule has 0 saturated carbocycles. The van der Waals surface area contributed by atoms with Gasteiger partial charge in [0.05, 0.1) is 11.5 Å². The largest absolute Gasteiger partial charge is 0.372 e. The molecule has 28 heavy (non-hydrogen) atoms. The number of rotatable bonds is 7. The van der Waals surface area contributed by atoms with Crippen LogP contribution in [-0.2, 0) is 11.3 Å². The minimum absolute atomic E-state index is 0.138. The van der Waals surface area contributed by atoms with Crippen molar-refractivity contribution in [3.8, 4) is 0 Å². The topological polar surface area (TPSA) is 105 Å². The van der Waals surface area contributed by atoms with Gasteiger partial charge in [-0.3, -0.25) is 19.7 Å². The molecule has 0 atom stereocenters. The Labute approximate surface area is 162 Å². The van der Waals surface area contributed by atoms with E-state index < -0.39 is 10.8 Å². The minimum Gasteiger partial charge on any atom is -0.372 e. The molecule has 3 rings (SSSR count). The first-order valence-electron chi connectivity index (χ1n) is 9.16. The van der Waals surface area contributed by atoms with E-state index in [9.17, 15) is 19.7 Å². The summed E-state index contributed by atoms with van der Waals surface area (Å²) in [6, 6.07) is 13.4. The Morgan fingerprint density at radius 3 is 2.43 bits per heavy atom. The summed E-state index contributed by atoms with van der Waals surface area (Å²) in [5, 5.41) is 16.0. The van der Waals surface area contributed by atoms with Crippen molar-refractivity contribution in [2.24, 2.45) is 0 Å². The molecule has 0 aliphatic carbocycles. The molecule has 1 saturated heterocycles. The van der Waals surface area contributed by atoms with Gasteiger partial charge >= 0.3 is 0 Å². The third kappa shape index (κ3) is 5.06. The summed E-state index contributed by atoms with van der Waals surface area (Å²) >= 11 is 0. The number of hydrogen-bond donors (Lipinski definition) is 2. The normalized spacial score (nSPS) is 13.2. The van der Waals surface area contributed by atoms with Gasteiger partial charge in [0, 0.05) is 43.0 Å². The maximum Gasteiger partial charge on any atom is 0.270 e. The van der Waals surface area contributed by atoms with Gasteiger partial charge in [-0.05, 0) is 36.6 Å². The number of carbonyl (C=O) groups excluding carboxylic acids is 2. The molecule has 1 heterocycles. The van der Waals surface area contributed by atoms with Gasteiger partial charge in [0.1, 0.15) is 0 Å². The smallest absolute Gasteiger partial charge is 0.270 e. The van der Waals surface area contributed by atoms with Gasteiger partial charge in [0.2, 0.25) is 5.91 Å². The maximum absolute atomic E-state index is 12.0. The van der Waals surface area contributed by atoms with E-state index in [-0.39, 0.29) is 23.7 Å². The monoisotopic (exact) mass is 382 g/mol. The van der Waals surface area contributed by atoms with Crippen molar-refractivity contribution < 1.29 is 14.5 Å². The summed E-state index contributed by atoms with van der Waals surface area (Å²) in [6.07, 6.45) is 2.44. The molecule has 2 aromatic rings. The third-order valence-electron chi connectivity index (χ3n) is 4.63. The molecule has 0 bridgehead atoms. The van der Waals surface area contributed by atoms with Crippen molar-refractivity contribution in [3.05, 3.63) is 69.8 Å². The number of anilines is 1. The van der Waals surface area contributed by atoms with E-state index >= 15 is 0 Å². The van der Waals surface area contributed by atoms with Crippen LogP contribution in [0.4, 0.5) is 11.4 Å². The molecule has 146 valence electrons. The van der Waals surface area contributed by atoms with Gasteiger partial charge in [-0.1, -0.05) is 18.2 Å². The quantitative estimate of drug-likeness (QED) is 0.564. The van der Waals surface area contributed by atoms with Crippen LogP contribution in [0.5, 0.6) is 0 Å². The lowest BCUT2D eigenvalue weighted by Crippen LogP contribution is -2.36. The summed E-state index contributed by atoms with van der Waals surface area (Å²) in [5.41, 5.74) is 2.13. The molecule has 0 spiro atoms. The Morgan fingerprint density at radius 2 is 1.75 bits per heavy atom. The summed E-state index contributed by atoms with van der Waals surface area (Å²) < 4.78 is 0. The summed E-state index contributed by atoms with van der Waals surface area (Å²) in [4.78, 5) is 36.5. The molecular weight excluding hydrogens is 360 g/mol. The van der Waals surface area contributed by atoms with Crippen LogP contribution in [0.1, 0.15) is 28.8 Å². The fourth-order valence-electron chi connectivity index (χ4n) is 3.09. The van der Waals surface area contributed by atoms with Gasteiger partial charge in [-0.25, -0.2) is 0 Å². The van der Waals surface area contributed by atoms with Crippen molar-refractivity contribution in [1.82, 2.24) is 10.6 Å². The Bertz CT molecular complexity index is 861. The van der Waals surface area contributed by atoms with E-state index in [0.717, 1.165) is 18.7 Å². The van der Waals surface area contributed by atoms with Crippen LogP contribution in [-0.4, -0.2) is 36.4 Å². The lowest BCUT2D eigenvalue weighted by Gasteiger charge is -2.17. The van der Waals surface area contributed by atoms with Crippen molar-refractivity contribution in [2.45, 2.75) is 19.4 Å². The van der Waals surface area contributed by atoms with E-state index in [1.54, 1.807) is 0 Å². The van der Waals surface area contributed by atoms with Gasteiger partial charge in [-0.15, -0.1) is 0 Å². The number of benzene rings is 2. The van der Waals surface area contributed by atoms with Crippen molar-refractivity contribution in [3.63, 3.8) is 0 Å². The molecule has 2 N–H and O–H groups in total. The summed E-state index contributed by atoms with van der Waals surface area (Å²) in [7, 11) is 0. The molecule has 2 amide bonds. The zero-order valence-corrected chi connectivity index (χ0v) is 15.4. The van der Waals surface area contributed by atoms with Gasteiger partial charge in [-0.2, -0.15) is 0 Å². The van der Waals surface area contributed by atoms with Crippen LogP contribution >= 0.6 is 0 Å². The summed E-state index contributed by atoms with van der Waals surface area (Å²) in [6.45, 7) is 2.33. The Balaban J connectivity index is 1.44. The number of hydrogen-bond acceptors (Lipinski definition) is 5. The standard InChI is InChI=1S/C20H22N4O4/c25-19(14-22-20(26)16-4-3-5-18(12-16)24(27)28)21-13-15-6-8-17(9-7-15)23-10-1-2-11-23/h3-9,12H,1-2,10-11,13-14H2,(H,21,25)(H,22,26). The molecule has 0 aromatic heterocycles. The minimum atomic E-state index is -0.571. The average Bonchev–Trinajstić information content (AvgIpc) is 3.25. The number of amides is 2. The van der Waals surface area contributed by atoms with Gasteiger partial charge in [0.15, 0.2) is 0 Å². The molecule has 1 aliphatic rings. The molecular formula is C20H22N4O4. The highest BCUT2D eigenvalue weighted by Gasteiger charge is 2.13. The number of nitrogens with zero attached hydrogens (tertiary/aromatic N) is 2. The number of nitro groups is 1. The Kier molecular flexibility index (Phi) is 6.21. The molecule has 8 nitrogen and oxygen atoms in total. The number of nitro benzene ring substituents is 1. The van der Waals surface area contributed by atoms with Crippen molar-refractivity contribution in [1.29, 1.82) is 0 Å². The van der Waals surface area contributed by atoms with Crippen LogP contribution in [0.25, 0.3) is 0 Å². The predicted molar refractivity (Wildman–Crippen MR) is 105 cm³/mol. The second-order valence-electron chi connectivity index (χ2n) is 6.63. The molecule has 8 heteroatoms. The highest BCUT2D eigenvalue weighted by Crippen LogP contribution is 2.20. The lowest BCUT2D eigenvalue weighted by molar-refractivity contribution is -0.384. The molecule has 1 aliphatic heterocycles. The van der Waals surface area contributed by atoms with Crippen molar-refractivity contribution in [2.75, 3.05) is 24.5 Å². The SMILES string of the molecule is O=C(CNC(=O)c1cccc([N+](=O)[O-])c1)NCc1ccc(N2CCCC2)cc1. The van der Waals surface area contributed by atoms with Crippen LogP contribution in [0.3, 0.4) is 0 Å². The first-order chi connectivity index (χ1) is 13.5. The highest BCUT2D eigenvalue weighted by atomic mass is 16.6. The first kappa shape index (κ1) is 19.3. The molecule has 0 unspecified atom stereocenters. The fourth-order valence-corrected chi connectivity index (χ4v) is 3.09. The van der Waals surface area contributed by atoms with E-state index in [4.69, 9.17) is 0 Å². The lowest BCUT2D eigenvalue weighted by atomic mass is 10.2. The Morgan fingerprint density at radius 1 is 1.04 bits per heavy atom. The van der Waals surface area contributed by atoms with E-state index in [2.05, 4.69) is 27.7 Å². The van der Waals surface area contributed by atoms with Crippen LogP contribution < -0.4 is 15.5 Å². The molecule has 0 radical (unpaired) electrons.